The first kappa shape index (κ1) is 78.7. The number of aliphatic hydroxyl groups excluding tert-OH is 1. The number of nitrogens with one attached hydrogen (secondary N) is 1. The molecule has 0 aliphatic heterocycles. The number of phosphoric acid groups is 1. The summed E-state index contributed by atoms with van der Waals surface area (Å²) in [4.78, 5) is 25.6. The van der Waals surface area contributed by atoms with E-state index in [1.165, 1.54) is 225 Å². The van der Waals surface area contributed by atoms with E-state index in [-0.39, 0.29) is 12.5 Å². The van der Waals surface area contributed by atoms with Crippen molar-refractivity contribution < 1.29 is 32.9 Å². The number of amides is 1. The third-order valence-electron chi connectivity index (χ3n) is 15.3. The number of rotatable bonds is 63. The first-order valence-corrected chi connectivity index (χ1v) is 35.9. The second kappa shape index (κ2) is 62.2. The molecule has 0 spiro atoms. The highest BCUT2D eigenvalue weighted by molar-refractivity contribution is 7.45. The molecule has 2 N–H and O–H groups in total. The van der Waals surface area contributed by atoms with Gasteiger partial charge in [0.05, 0.1) is 39.9 Å². The van der Waals surface area contributed by atoms with Crippen LogP contribution in [0.3, 0.4) is 0 Å². The van der Waals surface area contributed by atoms with Crippen LogP contribution < -0.4 is 10.2 Å². The van der Waals surface area contributed by atoms with Crippen LogP contribution in [0.1, 0.15) is 316 Å². The normalized spacial score (nSPS) is 14.2. The summed E-state index contributed by atoms with van der Waals surface area (Å²) in [5.74, 6) is -0.208. The Labute approximate surface area is 503 Å². The average Bonchev–Trinajstić information content (AvgIpc) is 3.43. The van der Waals surface area contributed by atoms with Crippen LogP contribution in [0.4, 0.5) is 0 Å². The van der Waals surface area contributed by atoms with Gasteiger partial charge in [-0.15, -0.1) is 0 Å². The van der Waals surface area contributed by atoms with Crippen LogP contribution in [-0.2, 0) is 18.4 Å². The van der Waals surface area contributed by atoms with E-state index in [2.05, 4.69) is 92.1 Å². The minimum atomic E-state index is -4.62. The second-order valence-electron chi connectivity index (χ2n) is 24.5. The Kier molecular flexibility index (Phi) is 60.4. The molecular weight excluding hydrogens is 1020 g/mol. The average molecular weight is 1150 g/mol. The highest BCUT2D eigenvalue weighted by Crippen LogP contribution is 2.38. The molecule has 9 heteroatoms. The molecule has 1 amide bonds. The lowest BCUT2D eigenvalue weighted by Gasteiger charge is -2.29. The van der Waals surface area contributed by atoms with Crippen molar-refractivity contribution in [3.8, 4) is 0 Å². The first-order valence-electron chi connectivity index (χ1n) is 34.4. The van der Waals surface area contributed by atoms with E-state index in [0.717, 1.165) is 70.6 Å². The van der Waals surface area contributed by atoms with E-state index >= 15 is 0 Å². The van der Waals surface area contributed by atoms with Crippen LogP contribution in [0.2, 0.25) is 0 Å². The SMILES string of the molecule is CC/C=C\C/C=C\C/C=C\C/C=C\CCCCCCCCCCCCCCCCCCCCCCCCC(=O)NC(COP(=O)([O-])OCC[N+](C)(C)C)C(O)/C=C/CC/C=C/CC/C=C/CCCCCCCCCCCCCCCC. The number of hydrogen-bond acceptors (Lipinski definition) is 6. The van der Waals surface area contributed by atoms with Gasteiger partial charge in [-0.1, -0.05) is 311 Å². The molecule has 3 unspecified atom stereocenters. The zero-order chi connectivity index (χ0) is 59.1. The molecule has 0 heterocycles. The Morgan fingerprint density at radius 1 is 0.444 bits per heavy atom. The van der Waals surface area contributed by atoms with Crippen molar-refractivity contribution in [2.75, 3.05) is 40.9 Å². The van der Waals surface area contributed by atoms with Crippen LogP contribution in [0, 0.1) is 0 Å². The predicted molar refractivity (Wildman–Crippen MR) is 353 cm³/mol. The molecular formula is C72H133N2O6P. The molecule has 0 fully saturated rings. The van der Waals surface area contributed by atoms with E-state index in [9.17, 15) is 19.4 Å². The maximum Gasteiger partial charge on any atom is 0.268 e. The molecule has 0 aromatic heterocycles. The second-order valence-corrected chi connectivity index (χ2v) is 25.9. The van der Waals surface area contributed by atoms with Gasteiger partial charge in [-0.05, 0) is 83.5 Å². The van der Waals surface area contributed by atoms with Crippen LogP contribution in [0.15, 0.2) is 85.1 Å². The number of phosphoric ester groups is 1. The van der Waals surface area contributed by atoms with Gasteiger partial charge in [-0.25, -0.2) is 0 Å². The molecule has 0 aliphatic carbocycles. The number of carbonyl (C=O) groups excluding carboxylic acids is 1. The number of quaternary nitrogens is 1. The van der Waals surface area contributed by atoms with Gasteiger partial charge in [0.2, 0.25) is 5.91 Å². The number of unbranched alkanes of at least 4 members (excludes halogenated alkanes) is 38. The lowest BCUT2D eigenvalue weighted by Crippen LogP contribution is -2.45. The van der Waals surface area contributed by atoms with Crippen molar-refractivity contribution in [2.45, 2.75) is 328 Å². The van der Waals surface area contributed by atoms with Gasteiger partial charge in [0, 0.05) is 6.42 Å². The number of allylic oxidation sites excluding steroid dienone is 13. The van der Waals surface area contributed by atoms with Crippen molar-refractivity contribution in [3.63, 3.8) is 0 Å². The Hall–Kier alpha value is -2.32. The van der Waals surface area contributed by atoms with Crippen LogP contribution in [-0.4, -0.2) is 68.5 Å². The third-order valence-corrected chi connectivity index (χ3v) is 16.3. The van der Waals surface area contributed by atoms with Crippen molar-refractivity contribution >= 4 is 13.7 Å². The van der Waals surface area contributed by atoms with Gasteiger partial charge in [0.1, 0.15) is 13.2 Å². The summed E-state index contributed by atoms with van der Waals surface area (Å²) in [6.07, 6.45) is 88.5. The summed E-state index contributed by atoms with van der Waals surface area (Å²) in [7, 11) is 1.24. The number of hydrogen-bond donors (Lipinski definition) is 2. The van der Waals surface area contributed by atoms with Crippen LogP contribution in [0.25, 0.3) is 0 Å². The number of carbonyl (C=O) groups is 1. The lowest BCUT2D eigenvalue weighted by molar-refractivity contribution is -0.870. The number of aliphatic hydroxyl groups is 1. The summed E-state index contributed by atoms with van der Waals surface area (Å²) in [5.41, 5.74) is 0. The minimum absolute atomic E-state index is 0.00993. The van der Waals surface area contributed by atoms with Gasteiger partial charge >= 0.3 is 0 Å². The summed E-state index contributed by atoms with van der Waals surface area (Å²) in [5, 5.41) is 13.9. The maximum atomic E-state index is 13.0. The molecule has 8 nitrogen and oxygen atoms in total. The Morgan fingerprint density at radius 3 is 1.15 bits per heavy atom. The minimum Gasteiger partial charge on any atom is -0.756 e. The molecule has 0 radical (unpaired) electrons. The summed E-state index contributed by atoms with van der Waals surface area (Å²) < 4.78 is 23.4. The van der Waals surface area contributed by atoms with E-state index in [1.54, 1.807) is 6.08 Å². The standard InChI is InChI=1S/C72H133N2O6P/c1-6-8-10-12-14-16-18-20-22-24-26-28-30-32-33-34-35-36-37-38-39-40-41-42-44-46-48-50-52-54-56-58-60-62-64-66-72(76)73-70(69-80-81(77,78)79-68-67-74(3,4)5)71(75)65-63-61-59-57-55-53-51-49-47-45-43-31-29-27-25-23-21-19-17-15-13-11-9-7-2/h8,10,14,16,20,22,26,28,47,49,55,57,63,65,70-71,75H,6-7,9,11-13,15,17-19,21,23-25,27,29-46,48,50-54,56,58-62,64,66-69H2,1-5H3,(H-,73,76,77,78)/b10-8-,16-14-,22-20-,28-26-,49-47+,57-55+,65-63+. The van der Waals surface area contributed by atoms with Crippen molar-refractivity contribution in [1.29, 1.82) is 0 Å². The molecule has 0 saturated heterocycles. The first-order chi connectivity index (χ1) is 39.5. The Balaban J connectivity index is 4.08. The molecule has 0 aromatic carbocycles. The third kappa shape index (κ3) is 65.1. The van der Waals surface area contributed by atoms with Crippen LogP contribution in [0.5, 0.6) is 0 Å². The quantitative estimate of drug-likeness (QED) is 0.0272. The van der Waals surface area contributed by atoms with Crippen molar-refractivity contribution in [1.82, 2.24) is 5.32 Å². The summed E-state index contributed by atoms with van der Waals surface area (Å²) in [6.45, 7) is 4.54. The van der Waals surface area contributed by atoms with Gasteiger partial charge < -0.3 is 28.8 Å². The van der Waals surface area contributed by atoms with Crippen molar-refractivity contribution in [2.24, 2.45) is 0 Å². The van der Waals surface area contributed by atoms with E-state index < -0.39 is 26.6 Å². The molecule has 81 heavy (non-hydrogen) atoms. The highest BCUT2D eigenvalue weighted by atomic mass is 31.2. The fraction of sp³-hybridized carbons (Fsp3) is 0.792. The Bertz CT molecular complexity index is 1600. The summed E-state index contributed by atoms with van der Waals surface area (Å²) in [6, 6.07) is -0.913. The Morgan fingerprint density at radius 2 is 0.765 bits per heavy atom. The largest absolute Gasteiger partial charge is 0.756 e. The molecule has 0 saturated carbocycles. The molecule has 0 aliphatic rings. The highest BCUT2D eigenvalue weighted by Gasteiger charge is 2.23. The van der Waals surface area contributed by atoms with Gasteiger partial charge in [0.25, 0.3) is 7.82 Å². The monoisotopic (exact) mass is 1150 g/mol. The van der Waals surface area contributed by atoms with E-state index in [0.29, 0.717) is 17.4 Å². The van der Waals surface area contributed by atoms with E-state index in [4.69, 9.17) is 9.05 Å². The van der Waals surface area contributed by atoms with Gasteiger partial charge in [0.15, 0.2) is 0 Å². The van der Waals surface area contributed by atoms with Crippen LogP contribution >= 0.6 is 7.82 Å². The fourth-order valence-electron chi connectivity index (χ4n) is 10.0. The maximum absolute atomic E-state index is 13.0. The smallest absolute Gasteiger partial charge is 0.268 e. The van der Waals surface area contributed by atoms with E-state index in [1.807, 2.05) is 27.2 Å². The summed E-state index contributed by atoms with van der Waals surface area (Å²) >= 11 is 0. The molecule has 0 rings (SSSR count). The lowest BCUT2D eigenvalue weighted by atomic mass is 10.0. The van der Waals surface area contributed by atoms with Crippen molar-refractivity contribution in [3.05, 3.63) is 85.1 Å². The number of likely N-dealkylation sites (N-methyl/N-ethyl adjacent to an activating group) is 1. The molecule has 0 aromatic rings. The molecule has 3 atom stereocenters. The number of nitrogens with zero attached hydrogens (tertiary/aromatic N) is 1. The fourth-order valence-corrected chi connectivity index (χ4v) is 10.7. The topological polar surface area (TPSA) is 108 Å². The molecule has 472 valence electrons. The zero-order valence-corrected chi connectivity index (χ0v) is 54.9. The predicted octanol–water partition coefficient (Wildman–Crippen LogP) is 21.3. The molecule has 0 bridgehead atoms. The van der Waals surface area contributed by atoms with Gasteiger partial charge in [-0.3, -0.25) is 9.36 Å². The van der Waals surface area contributed by atoms with Gasteiger partial charge in [-0.2, -0.15) is 0 Å². The zero-order valence-electron chi connectivity index (χ0n) is 54.0.